The van der Waals surface area contributed by atoms with E-state index >= 15 is 0 Å². The van der Waals surface area contributed by atoms with Gasteiger partial charge in [-0.3, -0.25) is 10.1 Å². The van der Waals surface area contributed by atoms with Gasteiger partial charge in [0.1, 0.15) is 0 Å². The predicted octanol–water partition coefficient (Wildman–Crippen LogP) is 2.00. The van der Waals surface area contributed by atoms with Crippen molar-refractivity contribution in [1.82, 2.24) is 0 Å². The molecule has 78 valence electrons. The molecule has 5 nitrogen and oxygen atoms in total. The van der Waals surface area contributed by atoms with Crippen molar-refractivity contribution in [2.24, 2.45) is 0 Å². The number of nitro benzene ring substituents is 1. The van der Waals surface area contributed by atoms with Gasteiger partial charge in [0.15, 0.2) is 0 Å². The topological polar surface area (TPSA) is 80.4 Å². The minimum absolute atomic E-state index is 0.0602. The number of nitrogens with zero attached hydrogens (tertiary/aromatic N) is 1. The summed E-state index contributed by atoms with van der Waals surface area (Å²) in [5.41, 5.74) is 0.741. The normalized spacial score (nSPS) is 10.5. The van der Waals surface area contributed by atoms with Gasteiger partial charge < -0.3 is 5.11 Å². The Morgan fingerprint density at radius 2 is 2.20 bits per heavy atom. The highest BCUT2D eigenvalue weighted by Gasteiger charge is 2.14. The molecule has 0 saturated carbocycles. The molecule has 0 unspecified atom stereocenters. The number of rotatable bonds is 3. The van der Waals surface area contributed by atoms with Crippen LogP contribution in [0.25, 0.3) is 6.08 Å². The molecule has 0 saturated heterocycles. The average Bonchev–Trinajstić information content (AvgIpc) is 2.13. The molecule has 1 aromatic rings. The minimum atomic E-state index is -1.13. The van der Waals surface area contributed by atoms with Gasteiger partial charge in [0.05, 0.1) is 10.5 Å². The Morgan fingerprint density at radius 1 is 1.53 bits per heavy atom. The molecule has 0 bridgehead atoms. The summed E-state index contributed by atoms with van der Waals surface area (Å²) in [6.07, 6.45) is 2.09. The monoisotopic (exact) mass is 207 g/mol. The predicted molar refractivity (Wildman–Crippen MR) is 54.5 cm³/mol. The zero-order valence-corrected chi connectivity index (χ0v) is 8.01. The van der Waals surface area contributed by atoms with Crippen LogP contribution in [-0.2, 0) is 4.79 Å². The van der Waals surface area contributed by atoms with E-state index in [-0.39, 0.29) is 5.69 Å². The van der Waals surface area contributed by atoms with Gasteiger partial charge in [0.2, 0.25) is 0 Å². The van der Waals surface area contributed by atoms with Gasteiger partial charge in [-0.05, 0) is 19.1 Å². The van der Waals surface area contributed by atoms with Crippen molar-refractivity contribution in [2.45, 2.75) is 6.92 Å². The number of aliphatic carboxylic acids is 1. The summed E-state index contributed by atoms with van der Waals surface area (Å²) in [6.45, 7) is 1.61. The molecule has 0 aliphatic rings. The molecule has 5 heteroatoms. The lowest BCUT2D eigenvalue weighted by molar-refractivity contribution is -0.385. The Hall–Kier alpha value is -2.17. The van der Waals surface area contributed by atoms with Crippen molar-refractivity contribution in [3.05, 3.63) is 45.5 Å². The first-order valence-electron chi connectivity index (χ1n) is 4.17. The zero-order chi connectivity index (χ0) is 11.4. The summed E-state index contributed by atoms with van der Waals surface area (Å²) in [5.74, 6) is -1.13. The maximum atomic E-state index is 10.7. The maximum Gasteiger partial charge on any atom is 0.328 e. The highest BCUT2D eigenvalue weighted by molar-refractivity contribution is 5.86. The van der Waals surface area contributed by atoms with Crippen molar-refractivity contribution < 1.29 is 14.8 Å². The van der Waals surface area contributed by atoms with E-state index in [9.17, 15) is 14.9 Å². The van der Waals surface area contributed by atoms with Crippen LogP contribution in [0.2, 0.25) is 0 Å². The summed E-state index contributed by atoms with van der Waals surface area (Å²) >= 11 is 0. The number of carboxylic acid groups (broad SMARTS) is 1. The number of hydrogen-bond donors (Lipinski definition) is 1. The SMILES string of the molecule is Cc1cccc(/C=C/C(=O)O)c1[N+](=O)[O-]. The first-order valence-corrected chi connectivity index (χ1v) is 4.17. The maximum absolute atomic E-state index is 10.7. The van der Waals surface area contributed by atoms with E-state index in [0.717, 1.165) is 6.08 Å². The summed E-state index contributed by atoms with van der Waals surface area (Å²) in [6, 6.07) is 4.75. The Bertz CT molecular complexity index is 437. The van der Waals surface area contributed by atoms with Crippen LogP contribution in [-0.4, -0.2) is 16.0 Å². The van der Waals surface area contributed by atoms with Gasteiger partial charge in [-0.2, -0.15) is 0 Å². The molecule has 1 rings (SSSR count). The van der Waals surface area contributed by atoms with Crippen LogP contribution >= 0.6 is 0 Å². The molecule has 0 radical (unpaired) electrons. The number of carboxylic acids is 1. The van der Waals surface area contributed by atoms with Gasteiger partial charge in [-0.1, -0.05) is 12.1 Å². The summed E-state index contributed by atoms with van der Waals surface area (Å²) in [5, 5.41) is 19.1. The third-order valence-electron chi connectivity index (χ3n) is 1.86. The first kappa shape index (κ1) is 10.9. The fourth-order valence-electron chi connectivity index (χ4n) is 1.23. The molecule has 0 aromatic heterocycles. The van der Waals surface area contributed by atoms with Crippen molar-refractivity contribution in [1.29, 1.82) is 0 Å². The molecular weight excluding hydrogens is 198 g/mol. The molecule has 0 aliphatic carbocycles. The third kappa shape index (κ3) is 2.63. The van der Waals surface area contributed by atoms with Crippen LogP contribution in [0.3, 0.4) is 0 Å². The van der Waals surface area contributed by atoms with Gasteiger partial charge in [0.25, 0.3) is 5.69 Å². The molecule has 0 heterocycles. The van der Waals surface area contributed by atoms with E-state index in [1.807, 2.05) is 0 Å². The smallest absolute Gasteiger partial charge is 0.328 e. The Morgan fingerprint density at radius 3 is 2.73 bits per heavy atom. The lowest BCUT2D eigenvalue weighted by Crippen LogP contribution is -1.95. The number of nitro groups is 1. The average molecular weight is 207 g/mol. The molecular formula is C10H9NO4. The summed E-state index contributed by atoms with van der Waals surface area (Å²) in [7, 11) is 0. The fraction of sp³-hybridized carbons (Fsp3) is 0.100. The van der Waals surface area contributed by atoms with E-state index < -0.39 is 10.9 Å². The van der Waals surface area contributed by atoms with Crippen LogP contribution < -0.4 is 0 Å². The minimum Gasteiger partial charge on any atom is -0.478 e. The summed E-state index contributed by atoms with van der Waals surface area (Å²) in [4.78, 5) is 20.5. The van der Waals surface area contributed by atoms with Crippen molar-refractivity contribution >= 4 is 17.7 Å². The number of hydrogen-bond acceptors (Lipinski definition) is 3. The van der Waals surface area contributed by atoms with Gasteiger partial charge in [-0.25, -0.2) is 4.79 Å². The standard InChI is InChI=1S/C10H9NO4/c1-7-3-2-4-8(5-6-9(12)13)10(7)11(14)15/h2-6H,1H3,(H,12,13)/b6-5+. The van der Waals surface area contributed by atoms with Crippen molar-refractivity contribution in [3.8, 4) is 0 Å². The van der Waals surface area contributed by atoms with Crippen LogP contribution in [0, 0.1) is 17.0 Å². The van der Waals surface area contributed by atoms with E-state index in [2.05, 4.69) is 0 Å². The van der Waals surface area contributed by atoms with Gasteiger partial charge >= 0.3 is 5.97 Å². The number of aryl methyl sites for hydroxylation is 1. The largest absolute Gasteiger partial charge is 0.478 e. The fourth-order valence-corrected chi connectivity index (χ4v) is 1.23. The summed E-state index contributed by atoms with van der Waals surface area (Å²) < 4.78 is 0. The van der Waals surface area contributed by atoms with Gasteiger partial charge in [0, 0.05) is 11.6 Å². The van der Waals surface area contributed by atoms with Gasteiger partial charge in [-0.15, -0.1) is 0 Å². The zero-order valence-electron chi connectivity index (χ0n) is 8.01. The quantitative estimate of drug-likeness (QED) is 0.467. The van der Waals surface area contributed by atoms with Crippen LogP contribution in [0.4, 0.5) is 5.69 Å². The van der Waals surface area contributed by atoms with Crippen LogP contribution in [0.15, 0.2) is 24.3 Å². The van der Waals surface area contributed by atoms with Crippen LogP contribution in [0.5, 0.6) is 0 Å². The molecule has 0 fully saturated rings. The molecule has 1 N–H and O–H groups in total. The molecule has 15 heavy (non-hydrogen) atoms. The third-order valence-corrected chi connectivity index (χ3v) is 1.86. The Balaban J connectivity index is 3.23. The lowest BCUT2D eigenvalue weighted by atomic mass is 10.1. The number of benzene rings is 1. The Kier molecular flexibility index (Phi) is 3.17. The molecule has 0 spiro atoms. The molecule has 0 aliphatic heterocycles. The highest BCUT2D eigenvalue weighted by atomic mass is 16.6. The second-order valence-electron chi connectivity index (χ2n) is 2.94. The molecule has 0 atom stereocenters. The second-order valence-corrected chi connectivity index (χ2v) is 2.94. The number of carbonyl (C=O) groups is 1. The lowest BCUT2D eigenvalue weighted by Gasteiger charge is -1.99. The van der Waals surface area contributed by atoms with Crippen molar-refractivity contribution in [2.75, 3.05) is 0 Å². The van der Waals surface area contributed by atoms with E-state index in [1.165, 1.54) is 12.1 Å². The number of para-hydroxylation sites is 1. The van der Waals surface area contributed by atoms with Crippen molar-refractivity contribution in [3.63, 3.8) is 0 Å². The first-order chi connectivity index (χ1) is 7.02. The molecule has 0 amide bonds. The highest BCUT2D eigenvalue weighted by Crippen LogP contribution is 2.23. The van der Waals surface area contributed by atoms with E-state index in [1.54, 1.807) is 19.1 Å². The Labute approximate surface area is 85.8 Å². The molecule has 1 aromatic carbocycles. The second kappa shape index (κ2) is 4.36. The van der Waals surface area contributed by atoms with Crippen LogP contribution in [0.1, 0.15) is 11.1 Å². The van der Waals surface area contributed by atoms with E-state index in [0.29, 0.717) is 11.1 Å². The van der Waals surface area contributed by atoms with E-state index in [4.69, 9.17) is 5.11 Å².